The molecule has 0 spiro atoms. The van der Waals surface area contributed by atoms with Gasteiger partial charge in [0.05, 0.1) is 17.4 Å². The molecule has 2 heterocycles. The SMILES string of the molecule is CC1=CC(C)(C)N(C)c2ccc(C=NNc3nc(-c4ccccc4)cs3)cc21. The second-order valence-electron chi connectivity index (χ2n) is 7.59. The van der Waals surface area contributed by atoms with Crippen molar-refractivity contribution in [3.63, 3.8) is 0 Å². The molecule has 5 heteroatoms. The molecule has 0 saturated heterocycles. The molecule has 0 atom stereocenters. The first kappa shape index (κ1) is 18.4. The van der Waals surface area contributed by atoms with Gasteiger partial charge in [0.1, 0.15) is 0 Å². The van der Waals surface area contributed by atoms with Crippen molar-refractivity contribution in [2.75, 3.05) is 17.4 Å². The van der Waals surface area contributed by atoms with Gasteiger partial charge >= 0.3 is 0 Å². The molecule has 4 nitrogen and oxygen atoms in total. The first-order valence-corrected chi connectivity index (χ1v) is 10.2. The van der Waals surface area contributed by atoms with Crippen LogP contribution in [0.15, 0.2) is 65.1 Å². The lowest BCUT2D eigenvalue weighted by Gasteiger charge is -2.40. The van der Waals surface area contributed by atoms with Crippen molar-refractivity contribution >= 4 is 33.9 Å². The first-order chi connectivity index (χ1) is 13.4. The van der Waals surface area contributed by atoms with Crippen LogP contribution in [0.25, 0.3) is 16.8 Å². The van der Waals surface area contributed by atoms with Crippen molar-refractivity contribution in [1.82, 2.24) is 4.98 Å². The van der Waals surface area contributed by atoms with Crippen LogP contribution in [0.4, 0.5) is 10.8 Å². The number of hydrogen-bond acceptors (Lipinski definition) is 5. The van der Waals surface area contributed by atoms with E-state index in [0.717, 1.165) is 22.0 Å². The van der Waals surface area contributed by atoms with E-state index in [1.165, 1.54) is 16.8 Å². The van der Waals surface area contributed by atoms with E-state index in [9.17, 15) is 0 Å². The maximum absolute atomic E-state index is 4.60. The molecule has 28 heavy (non-hydrogen) atoms. The molecule has 0 bridgehead atoms. The van der Waals surface area contributed by atoms with Crippen LogP contribution in [0.3, 0.4) is 0 Å². The number of aromatic nitrogens is 1. The Labute approximate surface area is 170 Å². The lowest BCUT2D eigenvalue weighted by Crippen LogP contribution is -2.42. The summed E-state index contributed by atoms with van der Waals surface area (Å²) in [6.45, 7) is 6.64. The van der Waals surface area contributed by atoms with Crippen molar-refractivity contribution in [1.29, 1.82) is 0 Å². The lowest BCUT2D eigenvalue weighted by atomic mass is 9.89. The highest BCUT2D eigenvalue weighted by Gasteiger charge is 2.28. The van der Waals surface area contributed by atoms with E-state index in [1.807, 2.05) is 29.8 Å². The highest BCUT2D eigenvalue weighted by Crippen LogP contribution is 2.37. The number of nitrogens with one attached hydrogen (secondary N) is 1. The minimum Gasteiger partial charge on any atom is -0.366 e. The molecule has 0 radical (unpaired) electrons. The zero-order valence-electron chi connectivity index (χ0n) is 16.6. The second kappa shape index (κ2) is 7.24. The predicted molar refractivity (Wildman–Crippen MR) is 121 cm³/mol. The summed E-state index contributed by atoms with van der Waals surface area (Å²) in [7, 11) is 2.14. The molecule has 0 saturated carbocycles. The quantitative estimate of drug-likeness (QED) is 0.448. The van der Waals surface area contributed by atoms with Crippen LogP contribution in [-0.4, -0.2) is 23.8 Å². The maximum Gasteiger partial charge on any atom is 0.203 e. The van der Waals surface area contributed by atoms with E-state index in [4.69, 9.17) is 0 Å². The van der Waals surface area contributed by atoms with Crippen LogP contribution in [0.5, 0.6) is 0 Å². The number of anilines is 2. The zero-order chi connectivity index (χ0) is 19.7. The maximum atomic E-state index is 4.60. The standard InChI is InChI=1S/C23H24N4S/c1-16-13-23(2,3)27(4)21-11-10-17(12-19(16)21)14-24-26-22-25-20(15-28-22)18-8-6-5-7-9-18/h5-15H,1-4H3,(H,25,26). The number of likely N-dealkylation sites (N-methyl/N-ethyl adjacent to an activating group) is 1. The third-order valence-corrected chi connectivity index (χ3v) is 5.94. The predicted octanol–water partition coefficient (Wildman–Crippen LogP) is 5.89. The Balaban J connectivity index is 1.49. The van der Waals surface area contributed by atoms with Gasteiger partial charge in [-0.3, -0.25) is 5.43 Å². The smallest absolute Gasteiger partial charge is 0.203 e. The molecule has 0 aliphatic carbocycles. The molecule has 142 valence electrons. The molecule has 1 aliphatic rings. The Bertz CT molecular complexity index is 1050. The van der Waals surface area contributed by atoms with Crippen LogP contribution < -0.4 is 10.3 Å². The zero-order valence-corrected chi connectivity index (χ0v) is 17.4. The van der Waals surface area contributed by atoms with Gasteiger partial charge in [0, 0.05) is 29.2 Å². The number of benzene rings is 2. The van der Waals surface area contributed by atoms with Gasteiger partial charge in [0.15, 0.2) is 0 Å². The average molecular weight is 389 g/mol. The molecule has 1 N–H and O–H groups in total. The summed E-state index contributed by atoms with van der Waals surface area (Å²) in [6.07, 6.45) is 4.16. The summed E-state index contributed by atoms with van der Waals surface area (Å²) in [5.74, 6) is 0. The largest absolute Gasteiger partial charge is 0.366 e. The van der Waals surface area contributed by atoms with Crippen LogP contribution in [0.1, 0.15) is 31.9 Å². The first-order valence-electron chi connectivity index (χ1n) is 9.32. The van der Waals surface area contributed by atoms with Gasteiger partial charge in [0.25, 0.3) is 0 Å². The van der Waals surface area contributed by atoms with Gasteiger partial charge < -0.3 is 4.90 Å². The fraction of sp³-hybridized carbons (Fsp3) is 0.217. The average Bonchev–Trinajstić information content (AvgIpc) is 3.16. The number of allylic oxidation sites excluding steroid dienone is 1. The van der Waals surface area contributed by atoms with Gasteiger partial charge in [-0.05, 0) is 44.0 Å². The molecular formula is C23H24N4S. The molecule has 4 rings (SSSR count). The Morgan fingerprint density at radius 3 is 2.71 bits per heavy atom. The molecule has 3 aromatic rings. The van der Waals surface area contributed by atoms with Gasteiger partial charge in [-0.1, -0.05) is 42.5 Å². The molecule has 0 amide bonds. The summed E-state index contributed by atoms with van der Waals surface area (Å²) in [4.78, 5) is 6.91. The lowest BCUT2D eigenvalue weighted by molar-refractivity contribution is 0.598. The molecule has 0 fully saturated rings. The molecule has 1 aromatic heterocycles. The van der Waals surface area contributed by atoms with E-state index in [0.29, 0.717) is 0 Å². The number of nitrogens with zero attached hydrogens (tertiary/aromatic N) is 3. The van der Waals surface area contributed by atoms with Gasteiger partial charge in [-0.15, -0.1) is 11.3 Å². The summed E-state index contributed by atoms with van der Waals surface area (Å²) in [5.41, 5.74) is 10.0. The number of fused-ring (bicyclic) bond motifs is 1. The fourth-order valence-electron chi connectivity index (χ4n) is 3.49. The van der Waals surface area contributed by atoms with Crippen LogP contribution in [0, 0.1) is 0 Å². The Kier molecular flexibility index (Phi) is 4.77. The Morgan fingerprint density at radius 1 is 1.14 bits per heavy atom. The normalized spacial score (nSPS) is 15.4. The highest BCUT2D eigenvalue weighted by molar-refractivity contribution is 7.14. The minimum absolute atomic E-state index is 0.0234. The van der Waals surface area contributed by atoms with Crippen molar-refractivity contribution in [3.05, 3.63) is 71.1 Å². The van der Waals surface area contributed by atoms with Crippen LogP contribution in [0.2, 0.25) is 0 Å². The fourth-order valence-corrected chi connectivity index (χ4v) is 4.15. The third-order valence-electron chi connectivity index (χ3n) is 5.19. The Hall–Kier alpha value is -2.92. The number of hydrogen-bond donors (Lipinski definition) is 1. The van der Waals surface area contributed by atoms with E-state index >= 15 is 0 Å². The van der Waals surface area contributed by atoms with Gasteiger partial charge in [-0.2, -0.15) is 5.10 Å². The number of hydrazone groups is 1. The van der Waals surface area contributed by atoms with Crippen molar-refractivity contribution < 1.29 is 0 Å². The summed E-state index contributed by atoms with van der Waals surface area (Å²) >= 11 is 1.55. The number of thiazole rings is 1. The van der Waals surface area contributed by atoms with Crippen molar-refractivity contribution in [3.8, 4) is 11.3 Å². The monoisotopic (exact) mass is 388 g/mol. The minimum atomic E-state index is 0.0234. The van der Waals surface area contributed by atoms with Crippen LogP contribution >= 0.6 is 11.3 Å². The van der Waals surface area contributed by atoms with E-state index < -0.39 is 0 Å². The molecule has 2 aromatic carbocycles. The van der Waals surface area contributed by atoms with E-state index in [-0.39, 0.29) is 5.54 Å². The summed E-state index contributed by atoms with van der Waals surface area (Å²) in [6, 6.07) is 16.6. The highest BCUT2D eigenvalue weighted by atomic mass is 32.1. The third kappa shape index (κ3) is 3.58. The van der Waals surface area contributed by atoms with Crippen LogP contribution in [-0.2, 0) is 0 Å². The van der Waals surface area contributed by atoms with Gasteiger partial charge in [-0.25, -0.2) is 4.98 Å². The van der Waals surface area contributed by atoms with Crippen molar-refractivity contribution in [2.45, 2.75) is 26.3 Å². The second-order valence-corrected chi connectivity index (χ2v) is 8.45. The van der Waals surface area contributed by atoms with E-state index in [2.05, 4.69) is 84.6 Å². The summed E-state index contributed by atoms with van der Waals surface area (Å²) in [5, 5.41) is 7.20. The molecule has 0 unspecified atom stereocenters. The Morgan fingerprint density at radius 2 is 1.93 bits per heavy atom. The topological polar surface area (TPSA) is 40.5 Å². The number of rotatable bonds is 4. The molecule has 1 aliphatic heterocycles. The van der Waals surface area contributed by atoms with Gasteiger partial charge in [0.2, 0.25) is 5.13 Å². The summed E-state index contributed by atoms with van der Waals surface area (Å²) < 4.78 is 0. The molecular weight excluding hydrogens is 364 g/mol. The van der Waals surface area contributed by atoms with E-state index in [1.54, 1.807) is 11.3 Å². The van der Waals surface area contributed by atoms with Crippen molar-refractivity contribution in [2.24, 2.45) is 5.10 Å².